The van der Waals surface area contributed by atoms with E-state index in [1.165, 1.54) is 32.6 Å². The Bertz CT molecular complexity index is 271. The highest BCUT2D eigenvalue weighted by molar-refractivity contribution is 5.83. The van der Waals surface area contributed by atoms with Crippen molar-refractivity contribution in [3.63, 3.8) is 0 Å². The Labute approximate surface area is 110 Å². The van der Waals surface area contributed by atoms with Gasteiger partial charge >= 0.3 is 0 Å². The first-order valence-electron chi connectivity index (χ1n) is 7.18. The zero-order valence-electron chi connectivity index (χ0n) is 11.7. The maximum Gasteiger partial charge on any atom is 0.239 e. The molecule has 0 aromatic carbocycles. The van der Waals surface area contributed by atoms with Crippen molar-refractivity contribution < 1.29 is 9.59 Å². The number of carbonyl (C=O) groups excluding carboxylic acids is 2. The van der Waals surface area contributed by atoms with Crippen LogP contribution in [0.25, 0.3) is 0 Å². The fourth-order valence-electron chi connectivity index (χ4n) is 2.49. The molecule has 1 aliphatic rings. The monoisotopic (exact) mass is 254 g/mol. The summed E-state index contributed by atoms with van der Waals surface area (Å²) in [4.78, 5) is 24.9. The summed E-state index contributed by atoms with van der Waals surface area (Å²) in [6.45, 7) is 4.40. The SMILES string of the molecule is CCCN(CC(=O)NC1CCCCCC1)C(C)=O. The van der Waals surface area contributed by atoms with Gasteiger partial charge in [-0.1, -0.05) is 32.6 Å². The molecule has 0 atom stereocenters. The highest BCUT2D eigenvalue weighted by Crippen LogP contribution is 2.17. The lowest BCUT2D eigenvalue weighted by atomic mass is 10.1. The predicted octanol–water partition coefficient (Wildman–Crippen LogP) is 2.08. The van der Waals surface area contributed by atoms with Crippen LogP contribution in [0.4, 0.5) is 0 Å². The van der Waals surface area contributed by atoms with Gasteiger partial charge in [-0.3, -0.25) is 9.59 Å². The summed E-state index contributed by atoms with van der Waals surface area (Å²) in [7, 11) is 0. The second-order valence-electron chi connectivity index (χ2n) is 5.20. The van der Waals surface area contributed by atoms with E-state index < -0.39 is 0 Å². The maximum atomic E-state index is 11.9. The minimum Gasteiger partial charge on any atom is -0.352 e. The smallest absolute Gasteiger partial charge is 0.239 e. The molecule has 0 aromatic heterocycles. The van der Waals surface area contributed by atoms with Crippen molar-refractivity contribution in [2.24, 2.45) is 0 Å². The lowest BCUT2D eigenvalue weighted by Gasteiger charge is -2.22. The molecule has 2 amide bonds. The van der Waals surface area contributed by atoms with E-state index in [9.17, 15) is 9.59 Å². The second kappa shape index (κ2) is 8.11. The van der Waals surface area contributed by atoms with Crippen molar-refractivity contribution in [2.75, 3.05) is 13.1 Å². The third-order valence-corrected chi connectivity index (χ3v) is 3.49. The van der Waals surface area contributed by atoms with Crippen LogP contribution in [-0.2, 0) is 9.59 Å². The molecule has 0 radical (unpaired) electrons. The average molecular weight is 254 g/mol. The van der Waals surface area contributed by atoms with Crippen LogP contribution in [0.15, 0.2) is 0 Å². The molecule has 0 unspecified atom stereocenters. The summed E-state index contributed by atoms with van der Waals surface area (Å²) < 4.78 is 0. The van der Waals surface area contributed by atoms with E-state index in [0.717, 1.165) is 19.3 Å². The minimum atomic E-state index is -0.0205. The van der Waals surface area contributed by atoms with Gasteiger partial charge in [0.15, 0.2) is 0 Å². The molecule has 1 fully saturated rings. The van der Waals surface area contributed by atoms with Gasteiger partial charge in [-0.25, -0.2) is 0 Å². The Hall–Kier alpha value is -1.06. The van der Waals surface area contributed by atoms with Gasteiger partial charge in [0.1, 0.15) is 0 Å². The summed E-state index contributed by atoms with van der Waals surface area (Å²) in [5.74, 6) is -0.0292. The standard InChI is InChI=1S/C14H26N2O2/c1-3-10-16(12(2)17)11-14(18)15-13-8-6-4-5-7-9-13/h13H,3-11H2,1-2H3,(H,15,18). The third-order valence-electron chi connectivity index (χ3n) is 3.49. The van der Waals surface area contributed by atoms with Crippen molar-refractivity contribution in [3.8, 4) is 0 Å². The normalized spacial score (nSPS) is 17.0. The average Bonchev–Trinajstić information content (AvgIpc) is 2.57. The van der Waals surface area contributed by atoms with Crippen molar-refractivity contribution in [1.82, 2.24) is 10.2 Å². The third kappa shape index (κ3) is 5.52. The second-order valence-corrected chi connectivity index (χ2v) is 5.20. The van der Waals surface area contributed by atoms with Gasteiger partial charge in [0.2, 0.25) is 11.8 Å². The molecule has 104 valence electrons. The summed E-state index contributed by atoms with van der Waals surface area (Å²) in [5.41, 5.74) is 0. The van der Waals surface area contributed by atoms with Gasteiger partial charge in [-0.05, 0) is 19.3 Å². The first-order valence-corrected chi connectivity index (χ1v) is 7.18. The van der Waals surface area contributed by atoms with Crippen molar-refractivity contribution >= 4 is 11.8 Å². The van der Waals surface area contributed by atoms with Crippen LogP contribution in [-0.4, -0.2) is 35.8 Å². The Morgan fingerprint density at radius 1 is 1.17 bits per heavy atom. The highest BCUT2D eigenvalue weighted by Gasteiger charge is 2.17. The molecule has 1 saturated carbocycles. The molecular weight excluding hydrogens is 228 g/mol. The molecule has 18 heavy (non-hydrogen) atoms. The maximum absolute atomic E-state index is 11.9. The molecule has 0 bridgehead atoms. The molecule has 0 aliphatic heterocycles. The van der Waals surface area contributed by atoms with E-state index >= 15 is 0 Å². The van der Waals surface area contributed by atoms with E-state index in [1.54, 1.807) is 4.90 Å². The number of nitrogens with one attached hydrogen (secondary N) is 1. The van der Waals surface area contributed by atoms with Crippen LogP contribution in [0.2, 0.25) is 0 Å². The number of rotatable bonds is 5. The Morgan fingerprint density at radius 3 is 2.28 bits per heavy atom. The molecule has 0 spiro atoms. The molecule has 0 saturated heterocycles. The van der Waals surface area contributed by atoms with Crippen LogP contribution >= 0.6 is 0 Å². The minimum absolute atomic E-state index is 0.00875. The van der Waals surface area contributed by atoms with Crippen LogP contribution in [0, 0.1) is 0 Å². The number of amides is 2. The quantitative estimate of drug-likeness (QED) is 0.764. The van der Waals surface area contributed by atoms with Crippen molar-refractivity contribution in [1.29, 1.82) is 0 Å². The summed E-state index contributed by atoms with van der Waals surface area (Å²) in [6, 6.07) is 0.315. The Balaban J connectivity index is 2.36. The lowest BCUT2D eigenvalue weighted by Crippen LogP contribution is -2.43. The van der Waals surface area contributed by atoms with Gasteiger partial charge in [0, 0.05) is 19.5 Å². The fraction of sp³-hybridized carbons (Fsp3) is 0.857. The Morgan fingerprint density at radius 2 is 1.78 bits per heavy atom. The summed E-state index contributed by atoms with van der Waals surface area (Å²) >= 11 is 0. The van der Waals surface area contributed by atoms with Crippen LogP contribution in [0.3, 0.4) is 0 Å². The molecule has 1 aliphatic carbocycles. The van der Waals surface area contributed by atoms with Gasteiger partial charge < -0.3 is 10.2 Å². The fourth-order valence-corrected chi connectivity index (χ4v) is 2.49. The van der Waals surface area contributed by atoms with Gasteiger partial charge in [-0.2, -0.15) is 0 Å². The van der Waals surface area contributed by atoms with E-state index in [0.29, 0.717) is 12.6 Å². The molecule has 4 nitrogen and oxygen atoms in total. The van der Waals surface area contributed by atoms with Crippen molar-refractivity contribution in [2.45, 2.75) is 64.8 Å². The largest absolute Gasteiger partial charge is 0.352 e. The van der Waals surface area contributed by atoms with Gasteiger partial charge in [0.05, 0.1) is 6.54 Å². The van der Waals surface area contributed by atoms with Crippen LogP contribution < -0.4 is 5.32 Å². The number of carbonyl (C=O) groups is 2. The van der Waals surface area contributed by atoms with Gasteiger partial charge in [-0.15, -0.1) is 0 Å². The van der Waals surface area contributed by atoms with E-state index in [1.807, 2.05) is 6.92 Å². The molecule has 0 heterocycles. The topological polar surface area (TPSA) is 49.4 Å². The zero-order valence-corrected chi connectivity index (χ0v) is 11.7. The number of hydrogen-bond acceptors (Lipinski definition) is 2. The van der Waals surface area contributed by atoms with Gasteiger partial charge in [0.25, 0.3) is 0 Å². The Kier molecular flexibility index (Phi) is 6.76. The van der Waals surface area contributed by atoms with Crippen LogP contribution in [0.1, 0.15) is 58.8 Å². The summed E-state index contributed by atoms with van der Waals surface area (Å²) in [5, 5.41) is 3.07. The first kappa shape index (κ1) is 15.0. The molecule has 0 aromatic rings. The van der Waals surface area contributed by atoms with E-state index in [2.05, 4.69) is 5.32 Å². The van der Waals surface area contributed by atoms with E-state index in [4.69, 9.17) is 0 Å². The molecular formula is C14H26N2O2. The highest BCUT2D eigenvalue weighted by atomic mass is 16.2. The number of hydrogen-bond donors (Lipinski definition) is 1. The van der Waals surface area contributed by atoms with E-state index in [-0.39, 0.29) is 18.4 Å². The summed E-state index contributed by atoms with van der Waals surface area (Å²) in [6.07, 6.45) is 8.02. The lowest BCUT2D eigenvalue weighted by molar-refractivity contribution is -0.134. The first-order chi connectivity index (χ1) is 8.63. The zero-order chi connectivity index (χ0) is 13.4. The molecule has 1 N–H and O–H groups in total. The number of nitrogens with zero attached hydrogens (tertiary/aromatic N) is 1. The van der Waals surface area contributed by atoms with Crippen molar-refractivity contribution in [3.05, 3.63) is 0 Å². The van der Waals surface area contributed by atoms with Crippen LogP contribution in [0.5, 0.6) is 0 Å². The predicted molar refractivity (Wildman–Crippen MR) is 72.2 cm³/mol. The molecule has 1 rings (SSSR count). The molecule has 4 heteroatoms.